The normalized spacial score (nSPS) is 11.2. The van der Waals surface area contributed by atoms with Gasteiger partial charge in [0.05, 0.1) is 0 Å². The average molecular weight is 716 g/mol. The molecular weight excluding hydrogens is 679 g/mol. The molecule has 2 heteroatoms. The van der Waals surface area contributed by atoms with Gasteiger partial charge < -0.3 is 9.32 Å². The van der Waals surface area contributed by atoms with Gasteiger partial charge in [0.1, 0.15) is 11.2 Å². The number of hydrogen-bond acceptors (Lipinski definition) is 2. The number of fused-ring (bicyclic) bond motifs is 3. The molecule has 1 aromatic heterocycles. The van der Waals surface area contributed by atoms with Crippen LogP contribution in [0.1, 0.15) is 0 Å². The molecule has 0 N–H and O–H groups in total. The molecule has 10 rings (SSSR count). The summed E-state index contributed by atoms with van der Waals surface area (Å²) in [6.45, 7) is 0. The van der Waals surface area contributed by atoms with Crippen molar-refractivity contribution in [2.24, 2.45) is 0 Å². The summed E-state index contributed by atoms with van der Waals surface area (Å²) in [6.07, 6.45) is 0. The van der Waals surface area contributed by atoms with Gasteiger partial charge in [0, 0.05) is 33.4 Å². The second kappa shape index (κ2) is 14.4. The van der Waals surface area contributed by atoms with E-state index in [1.54, 1.807) is 0 Å². The fraction of sp³-hybridized carbons (Fsp3) is 0. The van der Waals surface area contributed by atoms with Gasteiger partial charge in [-0.1, -0.05) is 176 Å². The second-order valence-corrected chi connectivity index (χ2v) is 14.1. The Morgan fingerprint density at radius 2 is 0.768 bits per heavy atom. The van der Waals surface area contributed by atoms with E-state index in [1.165, 1.54) is 38.9 Å². The van der Waals surface area contributed by atoms with Crippen LogP contribution < -0.4 is 4.90 Å². The summed E-state index contributed by atoms with van der Waals surface area (Å²) < 4.78 is 6.47. The molecule has 0 radical (unpaired) electrons. The van der Waals surface area contributed by atoms with Gasteiger partial charge in [-0.05, 0) is 98.6 Å². The summed E-state index contributed by atoms with van der Waals surface area (Å²) in [7, 11) is 0. The summed E-state index contributed by atoms with van der Waals surface area (Å²) in [4.78, 5) is 2.34. The molecule has 0 spiro atoms. The molecule has 1 heterocycles. The number of hydrogen-bond donors (Lipinski definition) is 0. The first kappa shape index (κ1) is 33.2. The monoisotopic (exact) mass is 715 g/mol. The van der Waals surface area contributed by atoms with E-state index in [-0.39, 0.29) is 0 Å². The zero-order valence-electron chi connectivity index (χ0n) is 30.7. The molecule has 0 saturated heterocycles. The molecule has 9 aromatic carbocycles. The Bertz CT molecular complexity index is 2930. The minimum absolute atomic E-state index is 0.900. The third-order valence-corrected chi connectivity index (χ3v) is 10.7. The van der Waals surface area contributed by atoms with E-state index in [0.29, 0.717) is 0 Å². The molecule has 56 heavy (non-hydrogen) atoms. The largest absolute Gasteiger partial charge is 0.455 e. The van der Waals surface area contributed by atoms with Crippen LogP contribution in [0.25, 0.3) is 77.6 Å². The molecule has 2 nitrogen and oxygen atoms in total. The molecule has 264 valence electrons. The number of rotatable bonds is 8. The van der Waals surface area contributed by atoms with Crippen molar-refractivity contribution in [2.75, 3.05) is 4.90 Å². The van der Waals surface area contributed by atoms with E-state index in [0.717, 1.165) is 55.7 Å². The topological polar surface area (TPSA) is 16.4 Å². The summed E-state index contributed by atoms with van der Waals surface area (Å²) >= 11 is 0. The molecule has 0 unspecified atom stereocenters. The molecular formula is C54H37NO. The zero-order valence-corrected chi connectivity index (χ0v) is 30.7. The van der Waals surface area contributed by atoms with E-state index in [2.05, 4.69) is 217 Å². The van der Waals surface area contributed by atoms with Gasteiger partial charge in [-0.25, -0.2) is 0 Å². The third kappa shape index (κ3) is 6.24. The van der Waals surface area contributed by atoms with Crippen molar-refractivity contribution in [3.05, 3.63) is 224 Å². The lowest BCUT2D eigenvalue weighted by atomic mass is 9.91. The van der Waals surface area contributed by atoms with Crippen molar-refractivity contribution in [1.82, 2.24) is 0 Å². The zero-order chi connectivity index (χ0) is 37.3. The van der Waals surface area contributed by atoms with E-state index >= 15 is 0 Å². The number of benzene rings is 9. The van der Waals surface area contributed by atoms with Gasteiger partial charge in [0.2, 0.25) is 0 Å². The number of anilines is 3. The Kier molecular flexibility index (Phi) is 8.55. The first-order valence-corrected chi connectivity index (χ1v) is 19.1. The Morgan fingerprint density at radius 3 is 1.45 bits per heavy atom. The second-order valence-electron chi connectivity index (χ2n) is 14.1. The van der Waals surface area contributed by atoms with Crippen LogP contribution >= 0.6 is 0 Å². The van der Waals surface area contributed by atoms with Crippen LogP contribution in [0.4, 0.5) is 17.1 Å². The number of furan rings is 1. The highest BCUT2D eigenvalue weighted by Gasteiger charge is 2.17. The maximum atomic E-state index is 6.47. The lowest BCUT2D eigenvalue weighted by Crippen LogP contribution is -2.10. The van der Waals surface area contributed by atoms with Crippen LogP contribution in [0.3, 0.4) is 0 Å². The minimum atomic E-state index is 0.900. The average Bonchev–Trinajstić information content (AvgIpc) is 3.67. The summed E-state index contributed by atoms with van der Waals surface area (Å²) in [6, 6.07) is 80.0. The van der Waals surface area contributed by atoms with Crippen molar-refractivity contribution >= 4 is 39.0 Å². The van der Waals surface area contributed by atoms with Gasteiger partial charge in [-0.2, -0.15) is 0 Å². The Labute approximate surface area is 327 Å². The standard InChI is InChI=1S/C54H37NO/c1-4-14-38(15-5-1)39-26-31-45(32-27-39)55(47-21-12-20-44(36-47)49-23-13-24-51-50-22-10-11-25-53(50)56-54(49)51)46-33-28-40(29-34-46)43-30-35-48(41-16-6-2-7-17-41)52(37-43)42-18-8-3-9-19-42/h1-37H. The van der Waals surface area contributed by atoms with Crippen LogP contribution in [0.15, 0.2) is 229 Å². The van der Waals surface area contributed by atoms with Crippen molar-refractivity contribution in [2.45, 2.75) is 0 Å². The Balaban J connectivity index is 1.07. The number of nitrogens with zero attached hydrogens (tertiary/aromatic N) is 1. The Morgan fingerprint density at radius 1 is 0.268 bits per heavy atom. The molecule has 0 atom stereocenters. The molecule has 10 aromatic rings. The minimum Gasteiger partial charge on any atom is -0.455 e. The van der Waals surface area contributed by atoms with Crippen molar-refractivity contribution in [3.63, 3.8) is 0 Å². The van der Waals surface area contributed by atoms with Crippen molar-refractivity contribution in [3.8, 4) is 55.6 Å². The molecule has 0 saturated carbocycles. The molecule has 0 aliphatic carbocycles. The maximum absolute atomic E-state index is 6.47. The summed E-state index contributed by atoms with van der Waals surface area (Å²) in [5.74, 6) is 0. The predicted octanol–water partition coefficient (Wildman–Crippen LogP) is 15.4. The van der Waals surface area contributed by atoms with Gasteiger partial charge in [0.15, 0.2) is 0 Å². The molecule has 0 amide bonds. The van der Waals surface area contributed by atoms with Gasteiger partial charge in [-0.15, -0.1) is 0 Å². The van der Waals surface area contributed by atoms with Crippen molar-refractivity contribution < 1.29 is 4.42 Å². The first-order chi connectivity index (χ1) is 27.8. The molecule has 0 fully saturated rings. The van der Waals surface area contributed by atoms with E-state index in [4.69, 9.17) is 4.42 Å². The number of para-hydroxylation sites is 2. The van der Waals surface area contributed by atoms with E-state index < -0.39 is 0 Å². The highest BCUT2D eigenvalue weighted by Crippen LogP contribution is 2.42. The quantitative estimate of drug-likeness (QED) is 0.156. The fourth-order valence-electron chi connectivity index (χ4n) is 7.92. The molecule has 0 aliphatic rings. The van der Waals surface area contributed by atoms with Crippen LogP contribution in [-0.4, -0.2) is 0 Å². The summed E-state index contributed by atoms with van der Waals surface area (Å²) in [5.41, 5.74) is 16.8. The highest BCUT2D eigenvalue weighted by molar-refractivity contribution is 6.09. The third-order valence-electron chi connectivity index (χ3n) is 10.7. The SMILES string of the molecule is c1ccc(-c2ccc(N(c3ccc(-c4ccc(-c5ccccc5)c(-c5ccccc5)c4)cc3)c3cccc(-c4cccc5c4oc4ccccc45)c3)cc2)cc1. The smallest absolute Gasteiger partial charge is 0.143 e. The molecule has 0 aliphatic heterocycles. The van der Waals surface area contributed by atoms with Gasteiger partial charge in [-0.3, -0.25) is 0 Å². The van der Waals surface area contributed by atoms with E-state index in [1.807, 2.05) is 12.1 Å². The Hall–Kier alpha value is -7.42. The lowest BCUT2D eigenvalue weighted by molar-refractivity contribution is 0.670. The van der Waals surface area contributed by atoms with E-state index in [9.17, 15) is 0 Å². The van der Waals surface area contributed by atoms with Gasteiger partial charge in [0.25, 0.3) is 0 Å². The highest BCUT2D eigenvalue weighted by atomic mass is 16.3. The van der Waals surface area contributed by atoms with Crippen LogP contribution in [-0.2, 0) is 0 Å². The predicted molar refractivity (Wildman–Crippen MR) is 236 cm³/mol. The van der Waals surface area contributed by atoms with Crippen molar-refractivity contribution in [1.29, 1.82) is 0 Å². The van der Waals surface area contributed by atoms with Crippen LogP contribution in [0.5, 0.6) is 0 Å². The maximum Gasteiger partial charge on any atom is 0.143 e. The summed E-state index contributed by atoms with van der Waals surface area (Å²) in [5, 5.41) is 2.26. The lowest BCUT2D eigenvalue weighted by Gasteiger charge is -2.26. The fourth-order valence-corrected chi connectivity index (χ4v) is 7.92. The van der Waals surface area contributed by atoms with Crippen LogP contribution in [0.2, 0.25) is 0 Å². The molecule has 0 bridgehead atoms. The van der Waals surface area contributed by atoms with Crippen LogP contribution in [0, 0.1) is 0 Å². The van der Waals surface area contributed by atoms with Gasteiger partial charge >= 0.3 is 0 Å². The first-order valence-electron chi connectivity index (χ1n) is 19.1.